The smallest absolute Gasteiger partial charge is 0.276 e. The first-order valence-corrected chi connectivity index (χ1v) is 6.13. The Bertz CT molecular complexity index is 282. The molecule has 0 bridgehead atoms. The summed E-state index contributed by atoms with van der Waals surface area (Å²) in [5, 5.41) is -1.32. The minimum absolute atomic E-state index is 0.0914. The molecule has 1 N–H and O–H groups in total. The Balaban J connectivity index is 4.80. The molecule has 0 aliphatic rings. The van der Waals surface area contributed by atoms with Gasteiger partial charge in [0.1, 0.15) is 0 Å². The largest absolute Gasteiger partial charge is 0.342 e. The maximum Gasteiger partial charge on any atom is 0.276 e. The summed E-state index contributed by atoms with van der Waals surface area (Å²) in [6.07, 6.45) is 0.0914. The van der Waals surface area contributed by atoms with E-state index < -0.39 is 21.3 Å². The number of amides is 1. The van der Waals surface area contributed by atoms with Crippen LogP contribution in [0.5, 0.6) is 0 Å². The fourth-order valence-electron chi connectivity index (χ4n) is 1.25. The lowest BCUT2D eigenvalue weighted by Crippen LogP contribution is -2.42. The van der Waals surface area contributed by atoms with E-state index >= 15 is 0 Å². The molecule has 0 aliphatic carbocycles. The van der Waals surface area contributed by atoms with Gasteiger partial charge in [-0.05, 0) is 20.3 Å². The summed E-state index contributed by atoms with van der Waals surface area (Å²) in [5.74, 6) is -0.528. The van der Waals surface area contributed by atoms with E-state index in [0.29, 0.717) is 13.1 Å². The number of nitrogens with zero attached hydrogens (tertiary/aromatic N) is 1. The van der Waals surface area contributed by atoms with Crippen LogP contribution in [0.2, 0.25) is 0 Å². The SMILES string of the molecule is CCC(C(=O)N(CC)CC)S(=O)(=O)O. The summed E-state index contributed by atoms with van der Waals surface area (Å²) in [6.45, 7) is 5.97. The van der Waals surface area contributed by atoms with Crippen LogP contribution in [0.1, 0.15) is 27.2 Å². The first kappa shape index (κ1) is 13.4. The van der Waals surface area contributed by atoms with Gasteiger partial charge in [-0.2, -0.15) is 8.42 Å². The summed E-state index contributed by atoms with van der Waals surface area (Å²) in [7, 11) is -4.27. The van der Waals surface area contributed by atoms with E-state index in [9.17, 15) is 13.2 Å². The minimum atomic E-state index is -4.27. The van der Waals surface area contributed by atoms with Gasteiger partial charge >= 0.3 is 0 Å². The Labute approximate surface area is 84.8 Å². The molecule has 14 heavy (non-hydrogen) atoms. The van der Waals surface area contributed by atoms with Crippen molar-refractivity contribution in [2.45, 2.75) is 32.4 Å². The Kier molecular flexibility index (Phi) is 5.07. The Morgan fingerprint density at radius 3 is 1.93 bits per heavy atom. The van der Waals surface area contributed by atoms with Crippen LogP contribution in [0.15, 0.2) is 0 Å². The average Bonchev–Trinajstić information content (AvgIpc) is 2.05. The van der Waals surface area contributed by atoms with Crippen LogP contribution in [-0.2, 0) is 14.9 Å². The molecule has 0 spiro atoms. The summed E-state index contributed by atoms with van der Waals surface area (Å²) < 4.78 is 30.5. The molecule has 0 saturated carbocycles. The Hall–Kier alpha value is -0.620. The lowest BCUT2D eigenvalue weighted by Gasteiger charge is -2.22. The van der Waals surface area contributed by atoms with Crippen molar-refractivity contribution in [2.24, 2.45) is 0 Å². The van der Waals surface area contributed by atoms with Gasteiger partial charge < -0.3 is 4.90 Å². The molecule has 0 fully saturated rings. The topological polar surface area (TPSA) is 74.7 Å². The number of hydrogen-bond donors (Lipinski definition) is 1. The fourth-order valence-corrected chi connectivity index (χ4v) is 2.08. The van der Waals surface area contributed by atoms with Crippen LogP contribution < -0.4 is 0 Å². The molecule has 0 saturated heterocycles. The van der Waals surface area contributed by atoms with Crippen molar-refractivity contribution >= 4 is 16.0 Å². The van der Waals surface area contributed by atoms with E-state index in [-0.39, 0.29) is 6.42 Å². The molecule has 0 aromatic carbocycles. The standard InChI is InChI=1S/C8H17NO4S/c1-4-7(14(11,12)13)8(10)9(5-2)6-3/h7H,4-6H2,1-3H3,(H,11,12,13). The van der Waals surface area contributed by atoms with Crippen molar-refractivity contribution in [3.05, 3.63) is 0 Å². The number of hydrogen-bond acceptors (Lipinski definition) is 3. The van der Waals surface area contributed by atoms with Crippen LogP contribution in [0.4, 0.5) is 0 Å². The molecule has 0 aliphatic heterocycles. The summed E-state index contributed by atoms with van der Waals surface area (Å²) in [4.78, 5) is 13.0. The normalized spacial score (nSPS) is 13.7. The van der Waals surface area contributed by atoms with E-state index in [1.807, 2.05) is 0 Å². The minimum Gasteiger partial charge on any atom is -0.342 e. The summed E-state index contributed by atoms with van der Waals surface area (Å²) in [6, 6.07) is 0. The third-order valence-electron chi connectivity index (χ3n) is 2.08. The predicted molar refractivity (Wildman–Crippen MR) is 53.6 cm³/mol. The van der Waals surface area contributed by atoms with E-state index in [4.69, 9.17) is 4.55 Å². The first-order valence-electron chi connectivity index (χ1n) is 4.63. The molecule has 0 heterocycles. The summed E-state index contributed by atoms with van der Waals surface area (Å²) >= 11 is 0. The van der Waals surface area contributed by atoms with Gasteiger partial charge in [0.15, 0.2) is 5.25 Å². The Morgan fingerprint density at radius 2 is 1.71 bits per heavy atom. The molecule has 0 aromatic heterocycles. The zero-order valence-corrected chi connectivity index (χ0v) is 9.54. The molecule has 0 rings (SSSR count). The van der Waals surface area contributed by atoms with Gasteiger partial charge in [-0.1, -0.05) is 6.92 Å². The maximum atomic E-state index is 11.6. The molecule has 5 nitrogen and oxygen atoms in total. The highest BCUT2D eigenvalue weighted by molar-refractivity contribution is 7.87. The van der Waals surface area contributed by atoms with Crippen molar-refractivity contribution in [2.75, 3.05) is 13.1 Å². The van der Waals surface area contributed by atoms with Gasteiger partial charge in [-0.3, -0.25) is 9.35 Å². The molecule has 84 valence electrons. The molecule has 1 amide bonds. The average molecular weight is 223 g/mol. The molecule has 0 aromatic rings. The van der Waals surface area contributed by atoms with Gasteiger partial charge in [0, 0.05) is 13.1 Å². The maximum absolute atomic E-state index is 11.6. The van der Waals surface area contributed by atoms with Gasteiger partial charge in [-0.25, -0.2) is 0 Å². The summed E-state index contributed by atoms with van der Waals surface area (Å²) in [5.41, 5.74) is 0. The van der Waals surface area contributed by atoms with E-state index in [1.165, 1.54) is 4.90 Å². The van der Waals surface area contributed by atoms with Crippen LogP contribution in [0.3, 0.4) is 0 Å². The van der Waals surface area contributed by atoms with Crippen molar-refractivity contribution in [1.82, 2.24) is 4.90 Å². The van der Waals surface area contributed by atoms with Crippen LogP contribution in [0, 0.1) is 0 Å². The molecule has 1 unspecified atom stereocenters. The monoisotopic (exact) mass is 223 g/mol. The molecule has 1 atom stereocenters. The van der Waals surface area contributed by atoms with Gasteiger partial charge in [-0.15, -0.1) is 0 Å². The van der Waals surface area contributed by atoms with Crippen molar-refractivity contribution < 1.29 is 17.8 Å². The van der Waals surface area contributed by atoms with Crippen molar-refractivity contribution in [1.29, 1.82) is 0 Å². The van der Waals surface area contributed by atoms with E-state index in [2.05, 4.69) is 0 Å². The first-order chi connectivity index (χ1) is 6.38. The quantitative estimate of drug-likeness (QED) is 0.689. The van der Waals surface area contributed by atoms with Crippen molar-refractivity contribution in [3.8, 4) is 0 Å². The fraction of sp³-hybridized carbons (Fsp3) is 0.875. The van der Waals surface area contributed by atoms with Gasteiger partial charge in [0.25, 0.3) is 10.1 Å². The second-order valence-corrected chi connectivity index (χ2v) is 4.52. The third kappa shape index (κ3) is 3.26. The number of carbonyl (C=O) groups is 1. The number of rotatable bonds is 5. The Morgan fingerprint density at radius 1 is 1.29 bits per heavy atom. The zero-order chi connectivity index (χ0) is 11.4. The van der Waals surface area contributed by atoms with Crippen LogP contribution >= 0.6 is 0 Å². The predicted octanol–water partition coefficient (Wildman–Crippen LogP) is 0.521. The highest BCUT2D eigenvalue weighted by Crippen LogP contribution is 2.08. The number of carbonyl (C=O) groups excluding carboxylic acids is 1. The lowest BCUT2D eigenvalue weighted by atomic mass is 10.3. The zero-order valence-electron chi connectivity index (χ0n) is 8.73. The van der Waals surface area contributed by atoms with Gasteiger partial charge in [0.05, 0.1) is 0 Å². The van der Waals surface area contributed by atoms with Crippen LogP contribution in [0.25, 0.3) is 0 Å². The highest BCUT2D eigenvalue weighted by atomic mass is 32.2. The van der Waals surface area contributed by atoms with Gasteiger partial charge in [0.2, 0.25) is 5.91 Å². The molecule has 6 heteroatoms. The third-order valence-corrected chi connectivity index (χ3v) is 3.33. The molecular formula is C8H17NO4S. The molecule has 0 radical (unpaired) electrons. The van der Waals surface area contributed by atoms with E-state index in [1.54, 1.807) is 20.8 Å². The lowest BCUT2D eigenvalue weighted by molar-refractivity contribution is -0.130. The molecular weight excluding hydrogens is 206 g/mol. The van der Waals surface area contributed by atoms with Crippen LogP contribution in [-0.4, -0.2) is 42.1 Å². The highest BCUT2D eigenvalue weighted by Gasteiger charge is 2.31. The second-order valence-electron chi connectivity index (χ2n) is 2.92. The van der Waals surface area contributed by atoms with Crippen molar-refractivity contribution in [3.63, 3.8) is 0 Å². The second kappa shape index (κ2) is 5.31. The van der Waals surface area contributed by atoms with E-state index in [0.717, 1.165) is 0 Å².